The van der Waals surface area contributed by atoms with Crippen molar-refractivity contribution in [3.8, 4) is 0 Å². The minimum atomic E-state index is 0.514. The van der Waals surface area contributed by atoms with Crippen molar-refractivity contribution in [3.05, 3.63) is 47.2 Å². The Balaban J connectivity index is 1.73. The van der Waals surface area contributed by atoms with Gasteiger partial charge >= 0.3 is 0 Å². The average Bonchev–Trinajstić information content (AvgIpc) is 2.74. The van der Waals surface area contributed by atoms with Crippen LogP contribution in [-0.2, 0) is 13.6 Å². The zero-order valence-corrected chi connectivity index (χ0v) is 11.5. The van der Waals surface area contributed by atoms with Crippen molar-refractivity contribution < 1.29 is 0 Å². The third-order valence-corrected chi connectivity index (χ3v) is 3.73. The van der Waals surface area contributed by atoms with Gasteiger partial charge in [0.1, 0.15) is 5.82 Å². The molecule has 3 rings (SSSR count). The predicted molar refractivity (Wildman–Crippen MR) is 77.3 cm³/mol. The van der Waals surface area contributed by atoms with Gasteiger partial charge in [0.05, 0.1) is 5.69 Å². The van der Waals surface area contributed by atoms with Crippen molar-refractivity contribution in [1.82, 2.24) is 15.1 Å². The van der Waals surface area contributed by atoms with Gasteiger partial charge < -0.3 is 10.6 Å². The molecule has 0 fully saturated rings. The third kappa shape index (κ3) is 2.49. The lowest BCUT2D eigenvalue weighted by Crippen LogP contribution is -2.32. The van der Waals surface area contributed by atoms with E-state index in [2.05, 4.69) is 46.1 Å². The molecule has 1 aromatic carbocycles. The number of hydrogen-bond donors (Lipinski definition) is 2. The summed E-state index contributed by atoms with van der Waals surface area (Å²) in [4.78, 5) is 0. The maximum Gasteiger partial charge on any atom is 0.124 e. The lowest BCUT2D eigenvalue weighted by Gasteiger charge is -2.26. The Bertz CT molecular complexity index is 573. The molecule has 2 aromatic rings. The molecular formula is C15H20N4. The van der Waals surface area contributed by atoms with E-state index in [0.29, 0.717) is 5.92 Å². The van der Waals surface area contributed by atoms with Crippen LogP contribution in [-0.4, -0.2) is 22.9 Å². The first kappa shape index (κ1) is 12.2. The van der Waals surface area contributed by atoms with Crippen molar-refractivity contribution >= 4 is 5.82 Å². The van der Waals surface area contributed by atoms with Gasteiger partial charge in [-0.3, -0.25) is 4.68 Å². The Morgan fingerprint density at radius 3 is 3.05 bits per heavy atom. The molecule has 0 spiro atoms. The molecule has 4 heteroatoms. The van der Waals surface area contributed by atoms with Gasteiger partial charge in [-0.2, -0.15) is 5.10 Å². The average molecular weight is 256 g/mol. The van der Waals surface area contributed by atoms with E-state index in [0.717, 1.165) is 31.1 Å². The highest BCUT2D eigenvalue weighted by Gasteiger charge is 2.19. The SMILES string of the molecule is Cc1cc(NCC2CNCc3ccccc32)n(C)n1. The quantitative estimate of drug-likeness (QED) is 0.883. The number of anilines is 1. The topological polar surface area (TPSA) is 41.9 Å². The summed E-state index contributed by atoms with van der Waals surface area (Å²) in [5.41, 5.74) is 3.93. The number of nitrogens with zero attached hydrogens (tertiary/aromatic N) is 2. The first-order valence-electron chi connectivity index (χ1n) is 6.77. The number of nitrogens with one attached hydrogen (secondary N) is 2. The monoisotopic (exact) mass is 256 g/mol. The zero-order chi connectivity index (χ0) is 13.2. The van der Waals surface area contributed by atoms with Crippen molar-refractivity contribution in [2.75, 3.05) is 18.4 Å². The second-order valence-corrected chi connectivity index (χ2v) is 5.20. The molecule has 0 saturated heterocycles. The number of fused-ring (bicyclic) bond motifs is 1. The van der Waals surface area contributed by atoms with E-state index < -0.39 is 0 Å². The second-order valence-electron chi connectivity index (χ2n) is 5.20. The Labute approximate surface area is 113 Å². The van der Waals surface area contributed by atoms with Crippen molar-refractivity contribution in [1.29, 1.82) is 0 Å². The van der Waals surface area contributed by atoms with Crippen LogP contribution < -0.4 is 10.6 Å². The van der Waals surface area contributed by atoms with Crippen molar-refractivity contribution in [2.45, 2.75) is 19.4 Å². The molecular weight excluding hydrogens is 236 g/mol. The maximum atomic E-state index is 4.36. The lowest BCUT2D eigenvalue weighted by atomic mass is 9.91. The fraction of sp³-hybridized carbons (Fsp3) is 0.400. The zero-order valence-electron chi connectivity index (χ0n) is 11.5. The highest BCUT2D eigenvalue weighted by molar-refractivity contribution is 5.39. The number of aryl methyl sites for hydroxylation is 2. The fourth-order valence-corrected chi connectivity index (χ4v) is 2.77. The van der Waals surface area contributed by atoms with Crippen LogP contribution in [0, 0.1) is 6.92 Å². The Hall–Kier alpha value is -1.81. The molecule has 0 bridgehead atoms. The van der Waals surface area contributed by atoms with E-state index in [4.69, 9.17) is 0 Å². The highest BCUT2D eigenvalue weighted by atomic mass is 15.3. The van der Waals surface area contributed by atoms with Gasteiger partial charge in [0.2, 0.25) is 0 Å². The molecule has 4 nitrogen and oxygen atoms in total. The molecule has 0 amide bonds. The molecule has 2 N–H and O–H groups in total. The van der Waals surface area contributed by atoms with Crippen LogP contribution in [0.2, 0.25) is 0 Å². The summed E-state index contributed by atoms with van der Waals surface area (Å²) < 4.78 is 1.90. The summed E-state index contributed by atoms with van der Waals surface area (Å²) >= 11 is 0. The third-order valence-electron chi connectivity index (χ3n) is 3.73. The highest BCUT2D eigenvalue weighted by Crippen LogP contribution is 2.24. The number of aromatic nitrogens is 2. The fourth-order valence-electron chi connectivity index (χ4n) is 2.77. The molecule has 0 saturated carbocycles. The van der Waals surface area contributed by atoms with Crippen LogP contribution in [0.1, 0.15) is 22.7 Å². The van der Waals surface area contributed by atoms with Crippen molar-refractivity contribution in [2.24, 2.45) is 7.05 Å². The molecule has 1 aliphatic heterocycles. The van der Waals surface area contributed by atoms with E-state index in [1.54, 1.807) is 0 Å². The van der Waals surface area contributed by atoms with E-state index in [-0.39, 0.29) is 0 Å². The smallest absolute Gasteiger partial charge is 0.124 e. The summed E-state index contributed by atoms with van der Waals surface area (Å²) in [7, 11) is 1.97. The molecule has 2 heterocycles. The second kappa shape index (κ2) is 5.05. The maximum absolute atomic E-state index is 4.36. The van der Waals surface area contributed by atoms with Gasteiger partial charge in [0, 0.05) is 38.7 Å². The van der Waals surface area contributed by atoms with Gasteiger partial charge in [0.25, 0.3) is 0 Å². The summed E-state index contributed by atoms with van der Waals surface area (Å²) in [5, 5.41) is 11.3. The standard InChI is InChI=1S/C15H20N4/c1-11-7-15(19(2)18-11)17-10-13-9-16-8-12-5-3-4-6-14(12)13/h3-7,13,16-17H,8-10H2,1-2H3. The van der Waals surface area contributed by atoms with Gasteiger partial charge in [0.15, 0.2) is 0 Å². The molecule has 1 aromatic heterocycles. The molecule has 0 aliphatic carbocycles. The van der Waals surface area contributed by atoms with E-state index in [1.165, 1.54) is 11.1 Å². The molecule has 100 valence electrons. The molecule has 19 heavy (non-hydrogen) atoms. The Morgan fingerprint density at radius 2 is 2.26 bits per heavy atom. The normalized spacial score (nSPS) is 18.1. The Kier molecular flexibility index (Phi) is 3.25. The summed E-state index contributed by atoms with van der Waals surface area (Å²) in [5.74, 6) is 1.60. The van der Waals surface area contributed by atoms with Gasteiger partial charge in [-0.15, -0.1) is 0 Å². The minimum absolute atomic E-state index is 0.514. The van der Waals surface area contributed by atoms with Crippen LogP contribution in [0.3, 0.4) is 0 Å². The van der Waals surface area contributed by atoms with Crippen LogP contribution >= 0.6 is 0 Å². The summed E-state index contributed by atoms with van der Waals surface area (Å²) in [6.07, 6.45) is 0. The number of rotatable bonds is 3. The van der Waals surface area contributed by atoms with Crippen molar-refractivity contribution in [3.63, 3.8) is 0 Å². The Morgan fingerprint density at radius 1 is 1.42 bits per heavy atom. The first-order chi connectivity index (χ1) is 9.24. The largest absolute Gasteiger partial charge is 0.370 e. The van der Waals surface area contributed by atoms with Gasteiger partial charge in [-0.1, -0.05) is 24.3 Å². The molecule has 1 atom stereocenters. The predicted octanol–water partition coefficient (Wildman–Crippen LogP) is 2.03. The number of hydrogen-bond acceptors (Lipinski definition) is 3. The summed E-state index contributed by atoms with van der Waals surface area (Å²) in [6, 6.07) is 10.8. The lowest BCUT2D eigenvalue weighted by molar-refractivity contribution is 0.555. The van der Waals surface area contributed by atoms with Crippen LogP contribution in [0.25, 0.3) is 0 Å². The van der Waals surface area contributed by atoms with Gasteiger partial charge in [-0.05, 0) is 18.1 Å². The van der Waals surface area contributed by atoms with E-state index >= 15 is 0 Å². The van der Waals surface area contributed by atoms with E-state index in [9.17, 15) is 0 Å². The van der Waals surface area contributed by atoms with Crippen LogP contribution in [0.4, 0.5) is 5.82 Å². The number of benzene rings is 1. The van der Waals surface area contributed by atoms with Crippen LogP contribution in [0.15, 0.2) is 30.3 Å². The molecule has 1 unspecified atom stereocenters. The summed E-state index contributed by atoms with van der Waals surface area (Å²) in [6.45, 7) is 4.96. The molecule has 1 aliphatic rings. The molecule has 0 radical (unpaired) electrons. The minimum Gasteiger partial charge on any atom is -0.370 e. The van der Waals surface area contributed by atoms with Gasteiger partial charge in [-0.25, -0.2) is 0 Å². The first-order valence-corrected chi connectivity index (χ1v) is 6.77. The van der Waals surface area contributed by atoms with E-state index in [1.807, 2.05) is 18.7 Å². The van der Waals surface area contributed by atoms with Crippen LogP contribution in [0.5, 0.6) is 0 Å².